The summed E-state index contributed by atoms with van der Waals surface area (Å²) in [6.07, 6.45) is 5.63. The second-order valence-electron chi connectivity index (χ2n) is 5.93. The average Bonchev–Trinajstić information content (AvgIpc) is 2.95. The Bertz CT molecular complexity index is 923. The SMILES string of the molecule is C#CCOc1ccc(C[C@@H]2SC(=O)N(c3ccc(Cl)cc3)C2=O)cc1OCC. The molecule has 0 spiro atoms. The number of nitrogens with zero attached hydrogens (tertiary/aromatic N) is 1. The third-order valence-electron chi connectivity index (χ3n) is 4.05. The minimum atomic E-state index is -0.505. The zero-order valence-electron chi connectivity index (χ0n) is 15.2. The van der Waals surface area contributed by atoms with Crippen LogP contribution in [0.3, 0.4) is 0 Å². The molecule has 1 atom stereocenters. The van der Waals surface area contributed by atoms with Crippen LogP contribution in [-0.4, -0.2) is 29.6 Å². The van der Waals surface area contributed by atoms with Gasteiger partial charge in [-0.05, 0) is 55.3 Å². The first kappa shape index (κ1) is 20.1. The summed E-state index contributed by atoms with van der Waals surface area (Å²) in [7, 11) is 0. The van der Waals surface area contributed by atoms with Crippen molar-refractivity contribution >= 4 is 40.2 Å². The number of carbonyl (C=O) groups is 2. The van der Waals surface area contributed by atoms with Crippen molar-refractivity contribution in [3.63, 3.8) is 0 Å². The zero-order valence-corrected chi connectivity index (χ0v) is 16.8. The molecule has 1 saturated heterocycles. The highest BCUT2D eigenvalue weighted by atomic mass is 35.5. The summed E-state index contributed by atoms with van der Waals surface area (Å²) in [6, 6.07) is 12.0. The van der Waals surface area contributed by atoms with E-state index in [9.17, 15) is 9.59 Å². The monoisotopic (exact) mass is 415 g/mol. The molecule has 144 valence electrons. The van der Waals surface area contributed by atoms with E-state index in [1.165, 1.54) is 4.90 Å². The van der Waals surface area contributed by atoms with Gasteiger partial charge in [0, 0.05) is 5.02 Å². The number of benzene rings is 2. The van der Waals surface area contributed by atoms with Crippen LogP contribution in [0, 0.1) is 12.3 Å². The molecule has 1 fully saturated rings. The topological polar surface area (TPSA) is 55.8 Å². The van der Waals surface area contributed by atoms with E-state index >= 15 is 0 Å². The van der Waals surface area contributed by atoms with E-state index in [4.69, 9.17) is 27.5 Å². The highest BCUT2D eigenvalue weighted by Gasteiger charge is 2.40. The first-order valence-corrected chi connectivity index (χ1v) is 9.91. The second-order valence-corrected chi connectivity index (χ2v) is 7.52. The molecule has 3 rings (SSSR count). The van der Waals surface area contributed by atoms with Crippen LogP contribution >= 0.6 is 23.4 Å². The molecule has 0 unspecified atom stereocenters. The predicted octanol–water partition coefficient (Wildman–Crippen LogP) is 4.56. The Morgan fingerprint density at radius 2 is 1.89 bits per heavy atom. The van der Waals surface area contributed by atoms with Gasteiger partial charge < -0.3 is 9.47 Å². The number of thioether (sulfide) groups is 1. The first-order valence-electron chi connectivity index (χ1n) is 8.65. The Labute approximate surface area is 173 Å². The van der Waals surface area contributed by atoms with Crippen LogP contribution in [0.4, 0.5) is 10.5 Å². The molecule has 1 heterocycles. The van der Waals surface area contributed by atoms with Gasteiger partial charge >= 0.3 is 0 Å². The molecule has 0 radical (unpaired) electrons. The van der Waals surface area contributed by atoms with Crippen molar-refractivity contribution in [2.24, 2.45) is 0 Å². The molecule has 2 amide bonds. The van der Waals surface area contributed by atoms with Crippen LogP contribution in [0.15, 0.2) is 42.5 Å². The Balaban J connectivity index is 1.77. The van der Waals surface area contributed by atoms with Gasteiger partial charge in [-0.25, -0.2) is 4.90 Å². The van der Waals surface area contributed by atoms with Crippen LogP contribution in [-0.2, 0) is 11.2 Å². The molecule has 1 aliphatic rings. The van der Waals surface area contributed by atoms with Gasteiger partial charge in [0.2, 0.25) is 5.91 Å². The maximum atomic E-state index is 12.8. The molecule has 0 saturated carbocycles. The smallest absolute Gasteiger partial charge is 0.293 e. The van der Waals surface area contributed by atoms with E-state index in [-0.39, 0.29) is 17.8 Å². The lowest BCUT2D eigenvalue weighted by Crippen LogP contribution is -2.32. The number of anilines is 1. The lowest BCUT2D eigenvalue weighted by molar-refractivity contribution is -0.117. The molecule has 0 bridgehead atoms. The molecule has 28 heavy (non-hydrogen) atoms. The van der Waals surface area contributed by atoms with Crippen molar-refractivity contribution in [3.05, 3.63) is 53.1 Å². The summed E-state index contributed by atoms with van der Waals surface area (Å²) in [5.74, 6) is 3.28. The minimum absolute atomic E-state index is 0.140. The molecular formula is C21H18ClNO4S. The van der Waals surface area contributed by atoms with Crippen LogP contribution in [0.2, 0.25) is 5.02 Å². The van der Waals surface area contributed by atoms with Crippen molar-refractivity contribution in [3.8, 4) is 23.8 Å². The molecular weight excluding hydrogens is 398 g/mol. The minimum Gasteiger partial charge on any atom is -0.490 e. The summed E-state index contributed by atoms with van der Waals surface area (Å²) in [4.78, 5) is 26.4. The number of hydrogen-bond acceptors (Lipinski definition) is 5. The van der Waals surface area contributed by atoms with Crippen molar-refractivity contribution < 1.29 is 19.1 Å². The van der Waals surface area contributed by atoms with E-state index < -0.39 is 5.25 Å². The Hall–Kier alpha value is -2.62. The van der Waals surface area contributed by atoms with Gasteiger partial charge in [-0.1, -0.05) is 35.3 Å². The molecule has 0 aromatic heterocycles. The third kappa shape index (κ3) is 4.44. The fourth-order valence-electron chi connectivity index (χ4n) is 2.81. The van der Waals surface area contributed by atoms with Crippen LogP contribution in [0.1, 0.15) is 12.5 Å². The molecule has 0 aliphatic carbocycles. The van der Waals surface area contributed by atoms with Gasteiger partial charge in [-0.15, -0.1) is 6.42 Å². The number of terminal acetylenes is 1. The van der Waals surface area contributed by atoms with E-state index in [0.29, 0.717) is 35.2 Å². The summed E-state index contributed by atoms with van der Waals surface area (Å²) < 4.78 is 11.1. The second kappa shape index (κ2) is 9.05. The summed E-state index contributed by atoms with van der Waals surface area (Å²) in [6.45, 7) is 2.48. The number of rotatable bonds is 7. The number of halogens is 1. The molecule has 1 aliphatic heterocycles. The van der Waals surface area contributed by atoms with Gasteiger partial charge in [0.05, 0.1) is 17.5 Å². The Kier molecular flexibility index (Phi) is 6.50. The fraction of sp³-hybridized carbons (Fsp3) is 0.238. The lowest BCUT2D eigenvalue weighted by atomic mass is 10.1. The lowest BCUT2D eigenvalue weighted by Gasteiger charge is -2.15. The first-order chi connectivity index (χ1) is 13.5. The molecule has 0 N–H and O–H groups in total. The number of hydrogen-bond donors (Lipinski definition) is 0. The summed E-state index contributed by atoms with van der Waals surface area (Å²) in [5.41, 5.74) is 1.38. The van der Waals surface area contributed by atoms with E-state index in [1.807, 2.05) is 19.1 Å². The zero-order chi connectivity index (χ0) is 20.1. The number of ether oxygens (including phenoxy) is 2. The Morgan fingerprint density at radius 1 is 1.14 bits per heavy atom. The van der Waals surface area contributed by atoms with Crippen LogP contribution in [0.25, 0.3) is 0 Å². The summed E-state index contributed by atoms with van der Waals surface area (Å²) >= 11 is 6.90. The van der Waals surface area contributed by atoms with Gasteiger partial charge in [-0.2, -0.15) is 0 Å². The maximum Gasteiger partial charge on any atom is 0.293 e. The van der Waals surface area contributed by atoms with Crippen LogP contribution in [0.5, 0.6) is 11.5 Å². The molecule has 2 aromatic rings. The molecule has 7 heteroatoms. The normalized spacial score (nSPS) is 16.2. The van der Waals surface area contributed by atoms with Crippen molar-refractivity contribution in [2.75, 3.05) is 18.1 Å². The third-order valence-corrected chi connectivity index (χ3v) is 5.34. The van der Waals surface area contributed by atoms with Gasteiger partial charge in [0.1, 0.15) is 6.61 Å². The van der Waals surface area contributed by atoms with Crippen LogP contribution < -0.4 is 14.4 Å². The maximum absolute atomic E-state index is 12.8. The van der Waals surface area contributed by atoms with Gasteiger partial charge in [-0.3, -0.25) is 9.59 Å². The molecule has 5 nitrogen and oxygen atoms in total. The van der Waals surface area contributed by atoms with Gasteiger partial charge in [0.25, 0.3) is 5.24 Å². The van der Waals surface area contributed by atoms with E-state index in [0.717, 1.165) is 17.3 Å². The van der Waals surface area contributed by atoms with Crippen molar-refractivity contribution in [1.29, 1.82) is 0 Å². The van der Waals surface area contributed by atoms with Crippen molar-refractivity contribution in [2.45, 2.75) is 18.6 Å². The fourth-order valence-corrected chi connectivity index (χ4v) is 3.96. The average molecular weight is 416 g/mol. The largest absolute Gasteiger partial charge is 0.490 e. The molecule has 2 aromatic carbocycles. The summed E-state index contributed by atoms with van der Waals surface area (Å²) in [5, 5.41) is -0.255. The standard InChI is InChI=1S/C21H18ClNO4S/c1-3-11-27-17-10-5-14(12-18(17)26-4-2)13-19-20(24)23(21(25)28-19)16-8-6-15(22)7-9-16/h1,5-10,12,19H,4,11,13H2,2H3/t19-/m0/s1. The van der Waals surface area contributed by atoms with Crippen molar-refractivity contribution in [1.82, 2.24) is 0 Å². The quantitative estimate of drug-likeness (QED) is 0.620. The predicted molar refractivity (Wildman–Crippen MR) is 111 cm³/mol. The number of amides is 2. The highest BCUT2D eigenvalue weighted by molar-refractivity contribution is 8.15. The number of carbonyl (C=O) groups excluding carboxylic acids is 2. The van der Waals surface area contributed by atoms with E-state index in [2.05, 4.69) is 5.92 Å². The Morgan fingerprint density at radius 3 is 2.57 bits per heavy atom. The highest BCUT2D eigenvalue weighted by Crippen LogP contribution is 2.35. The van der Waals surface area contributed by atoms with Gasteiger partial charge in [0.15, 0.2) is 11.5 Å². The van der Waals surface area contributed by atoms with E-state index in [1.54, 1.807) is 30.3 Å². The number of imide groups is 1.